The van der Waals surface area contributed by atoms with Crippen molar-refractivity contribution in [1.29, 1.82) is 0 Å². The van der Waals surface area contributed by atoms with Crippen molar-refractivity contribution in [3.63, 3.8) is 0 Å². The Bertz CT molecular complexity index is 581. The highest BCUT2D eigenvalue weighted by atomic mass is 79.9. The molecule has 2 aromatic rings. The molecule has 0 bridgehead atoms. The fraction of sp³-hybridized carbons (Fsp3) is 0.188. The van der Waals surface area contributed by atoms with Gasteiger partial charge in [0, 0.05) is 10.0 Å². The maximum atomic E-state index is 12.3. The summed E-state index contributed by atoms with van der Waals surface area (Å²) in [7, 11) is 0. The van der Waals surface area contributed by atoms with Crippen molar-refractivity contribution in [2.45, 2.75) is 19.9 Å². The first-order valence-corrected chi connectivity index (χ1v) is 7.00. The Hall–Kier alpha value is -1.61. The van der Waals surface area contributed by atoms with Crippen LogP contribution < -0.4 is 5.32 Å². The predicted molar refractivity (Wildman–Crippen MR) is 81.2 cm³/mol. The van der Waals surface area contributed by atoms with Gasteiger partial charge < -0.3 is 5.32 Å². The third-order valence-corrected chi connectivity index (χ3v) is 4.02. The highest BCUT2D eigenvalue weighted by Gasteiger charge is 2.14. The highest BCUT2D eigenvalue weighted by Crippen LogP contribution is 2.20. The normalized spacial score (nSPS) is 11.9. The summed E-state index contributed by atoms with van der Waals surface area (Å²) >= 11 is 3.45. The molecular weight excluding hydrogens is 302 g/mol. The van der Waals surface area contributed by atoms with Crippen molar-refractivity contribution in [3.8, 4) is 0 Å². The van der Waals surface area contributed by atoms with Gasteiger partial charge in [0.2, 0.25) is 0 Å². The summed E-state index contributed by atoms with van der Waals surface area (Å²) in [6, 6.07) is 15.6. The second-order valence-corrected chi connectivity index (χ2v) is 5.37. The third-order valence-electron chi connectivity index (χ3n) is 3.16. The van der Waals surface area contributed by atoms with Gasteiger partial charge in [-0.3, -0.25) is 4.79 Å². The first-order chi connectivity index (χ1) is 9.09. The van der Waals surface area contributed by atoms with Crippen LogP contribution in [-0.4, -0.2) is 5.91 Å². The lowest BCUT2D eigenvalue weighted by Crippen LogP contribution is -2.27. The summed E-state index contributed by atoms with van der Waals surface area (Å²) in [5, 5.41) is 3.02. The van der Waals surface area contributed by atoms with E-state index in [1.807, 2.05) is 62.4 Å². The van der Waals surface area contributed by atoms with Gasteiger partial charge in [0.1, 0.15) is 0 Å². The maximum absolute atomic E-state index is 12.3. The minimum Gasteiger partial charge on any atom is -0.346 e. The van der Waals surface area contributed by atoms with E-state index in [9.17, 15) is 4.79 Å². The molecule has 2 nitrogen and oxygen atoms in total. The molecule has 0 heterocycles. The number of halogens is 1. The molecule has 2 aromatic carbocycles. The molecule has 0 spiro atoms. The van der Waals surface area contributed by atoms with Gasteiger partial charge >= 0.3 is 0 Å². The SMILES string of the molecule is Cc1c(Br)cccc1C(=O)N[C@H](C)c1ccccc1. The second-order valence-electron chi connectivity index (χ2n) is 4.52. The molecule has 0 aliphatic heterocycles. The van der Waals surface area contributed by atoms with E-state index in [0.717, 1.165) is 15.6 Å². The van der Waals surface area contributed by atoms with Crippen molar-refractivity contribution >= 4 is 21.8 Å². The molecule has 1 amide bonds. The van der Waals surface area contributed by atoms with Crippen LogP contribution in [-0.2, 0) is 0 Å². The zero-order valence-corrected chi connectivity index (χ0v) is 12.6. The smallest absolute Gasteiger partial charge is 0.252 e. The second kappa shape index (κ2) is 6.02. The first-order valence-electron chi connectivity index (χ1n) is 6.20. The molecule has 1 N–H and O–H groups in total. The molecule has 0 aliphatic carbocycles. The molecule has 0 unspecified atom stereocenters. The zero-order chi connectivity index (χ0) is 13.8. The van der Waals surface area contributed by atoms with Gasteiger partial charge in [-0.05, 0) is 37.1 Å². The monoisotopic (exact) mass is 317 g/mol. The largest absolute Gasteiger partial charge is 0.346 e. The minimum absolute atomic E-state index is 0.00733. The number of hydrogen-bond acceptors (Lipinski definition) is 1. The molecule has 3 heteroatoms. The number of amides is 1. The van der Waals surface area contributed by atoms with E-state index in [1.54, 1.807) is 0 Å². The van der Waals surface area contributed by atoms with E-state index >= 15 is 0 Å². The van der Waals surface area contributed by atoms with Gasteiger partial charge in [0.15, 0.2) is 0 Å². The summed E-state index contributed by atoms with van der Waals surface area (Å²) in [5.41, 5.74) is 2.76. The van der Waals surface area contributed by atoms with Crippen molar-refractivity contribution in [3.05, 3.63) is 69.7 Å². The van der Waals surface area contributed by atoms with Crippen molar-refractivity contribution in [2.75, 3.05) is 0 Å². The molecule has 0 fully saturated rings. The number of nitrogens with one attached hydrogen (secondary N) is 1. The van der Waals surface area contributed by atoms with E-state index in [2.05, 4.69) is 21.2 Å². The van der Waals surface area contributed by atoms with E-state index in [1.165, 1.54) is 0 Å². The summed E-state index contributed by atoms with van der Waals surface area (Å²) in [6.45, 7) is 3.92. The van der Waals surface area contributed by atoms with Crippen LogP contribution in [0, 0.1) is 6.92 Å². The van der Waals surface area contributed by atoms with E-state index in [0.29, 0.717) is 5.56 Å². The van der Waals surface area contributed by atoms with Crippen molar-refractivity contribution in [2.24, 2.45) is 0 Å². The van der Waals surface area contributed by atoms with Gasteiger partial charge in [0.25, 0.3) is 5.91 Å². The van der Waals surface area contributed by atoms with Gasteiger partial charge in [-0.25, -0.2) is 0 Å². The number of carbonyl (C=O) groups is 1. The lowest BCUT2D eigenvalue weighted by atomic mass is 10.1. The molecule has 0 aliphatic rings. The fourth-order valence-corrected chi connectivity index (χ4v) is 2.32. The number of rotatable bonds is 3. The standard InChI is InChI=1S/C16H16BrNO/c1-11-14(9-6-10-15(11)17)16(19)18-12(2)13-7-4-3-5-8-13/h3-10,12H,1-2H3,(H,18,19)/t12-/m1/s1. The number of benzene rings is 2. The Kier molecular flexibility index (Phi) is 4.38. The Morgan fingerprint density at radius 3 is 2.47 bits per heavy atom. The molecule has 0 radical (unpaired) electrons. The van der Waals surface area contributed by atoms with Gasteiger partial charge in [-0.2, -0.15) is 0 Å². The van der Waals surface area contributed by atoms with Crippen molar-refractivity contribution in [1.82, 2.24) is 5.32 Å². The summed E-state index contributed by atoms with van der Waals surface area (Å²) < 4.78 is 0.951. The van der Waals surface area contributed by atoms with E-state index < -0.39 is 0 Å². The average molecular weight is 318 g/mol. The van der Waals surface area contributed by atoms with Crippen molar-refractivity contribution < 1.29 is 4.79 Å². The first kappa shape index (κ1) is 13.8. The van der Waals surface area contributed by atoms with Crippen LogP contribution in [0.1, 0.15) is 34.5 Å². The quantitative estimate of drug-likeness (QED) is 0.901. The Labute approximate surface area is 122 Å². The van der Waals surface area contributed by atoms with Crippen LogP contribution in [0.3, 0.4) is 0 Å². The maximum Gasteiger partial charge on any atom is 0.252 e. The Balaban J connectivity index is 2.16. The molecular formula is C16H16BrNO. The lowest BCUT2D eigenvalue weighted by molar-refractivity contribution is 0.0939. The topological polar surface area (TPSA) is 29.1 Å². The number of hydrogen-bond donors (Lipinski definition) is 1. The summed E-state index contributed by atoms with van der Waals surface area (Å²) in [4.78, 5) is 12.3. The summed E-state index contributed by atoms with van der Waals surface area (Å²) in [5.74, 6) is -0.0462. The molecule has 0 saturated heterocycles. The van der Waals surface area contributed by atoms with Gasteiger partial charge in [-0.1, -0.05) is 52.3 Å². The molecule has 2 rings (SSSR count). The highest BCUT2D eigenvalue weighted by molar-refractivity contribution is 9.10. The Morgan fingerprint density at radius 1 is 1.11 bits per heavy atom. The third kappa shape index (κ3) is 3.24. The molecule has 0 aromatic heterocycles. The molecule has 1 atom stereocenters. The zero-order valence-electron chi connectivity index (χ0n) is 11.0. The molecule has 98 valence electrons. The van der Waals surface area contributed by atoms with Crippen LogP contribution in [0.25, 0.3) is 0 Å². The Morgan fingerprint density at radius 2 is 1.79 bits per heavy atom. The van der Waals surface area contributed by atoms with Crippen LogP contribution in [0.5, 0.6) is 0 Å². The van der Waals surface area contributed by atoms with Crippen LogP contribution in [0.15, 0.2) is 53.0 Å². The average Bonchev–Trinajstić information content (AvgIpc) is 2.42. The predicted octanol–water partition coefficient (Wildman–Crippen LogP) is 4.25. The van der Waals surface area contributed by atoms with Crippen LogP contribution in [0.2, 0.25) is 0 Å². The molecule has 0 saturated carbocycles. The minimum atomic E-state index is -0.0462. The molecule has 19 heavy (non-hydrogen) atoms. The van der Waals surface area contributed by atoms with Gasteiger partial charge in [0.05, 0.1) is 6.04 Å². The van der Waals surface area contributed by atoms with Crippen LogP contribution >= 0.6 is 15.9 Å². The van der Waals surface area contributed by atoms with Gasteiger partial charge in [-0.15, -0.1) is 0 Å². The number of carbonyl (C=O) groups excluding carboxylic acids is 1. The summed E-state index contributed by atoms with van der Waals surface area (Å²) in [6.07, 6.45) is 0. The van der Waals surface area contributed by atoms with E-state index in [-0.39, 0.29) is 11.9 Å². The van der Waals surface area contributed by atoms with Crippen LogP contribution in [0.4, 0.5) is 0 Å². The lowest BCUT2D eigenvalue weighted by Gasteiger charge is -2.15. The van der Waals surface area contributed by atoms with E-state index in [4.69, 9.17) is 0 Å². The fourth-order valence-electron chi connectivity index (χ4n) is 1.95.